The van der Waals surface area contributed by atoms with Crippen LogP contribution in [0.15, 0.2) is 12.3 Å². The minimum Gasteiger partial charge on any atom is -0.488 e. The second-order valence-corrected chi connectivity index (χ2v) is 6.98. The molecule has 0 aliphatic carbocycles. The number of ether oxygens (including phenoxy) is 2. The van der Waals surface area contributed by atoms with Gasteiger partial charge in [-0.05, 0) is 47.6 Å². The number of aromatic nitrogens is 1. The monoisotopic (exact) mass is 306 g/mol. The zero-order valence-corrected chi connectivity index (χ0v) is 14.3. The Bertz CT molecular complexity index is 551. The van der Waals surface area contributed by atoms with Gasteiger partial charge in [0.25, 0.3) is 0 Å². The Hall–Kier alpha value is -1.78. The first-order chi connectivity index (χ1) is 10.2. The molecule has 1 amide bonds. The summed E-state index contributed by atoms with van der Waals surface area (Å²) >= 11 is 0. The Morgan fingerprint density at radius 3 is 2.68 bits per heavy atom. The number of aryl methyl sites for hydroxylation is 1. The van der Waals surface area contributed by atoms with Crippen LogP contribution in [0.5, 0.6) is 5.75 Å². The van der Waals surface area contributed by atoms with Crippen LogP contribution in [0.3, 0.4) is 0 Å². The van der Waals surface area contributed by atoms with Crippen molar-refractivity contribution in [1.29, 1.82) is 0 Å². The van der Waals surface area contributed by atoms with Gasteiger partial charge < -0.3 is 14.4 Å². The summed E-state index contributed by atoms with van der Waals surface area (Å²) in [6.45, 7) is 12.2. The van der Waals surface area contributed by atoms with Crippen molar-refractivity contribution in [2.24, 2.45) is 0 Å². The minimum atomic E-state index is -0.478. The molecule has 2 rings (SSSR count). The van der Waals surface area contributed by atoms with Gasteiger partial charge >= 0.3 is 6.09 Å². The maximum absolute atomic E-state index is 12.2. The van der Waals surface area contributed by atoms with Crippen LogP contribution in [0.25, 0.3) is 0 Å². The van der Waals surface area contributed by atoms with Crippen LogP contribution < -0.4 is 4.74 Å². The second-order valence-electron chi connectivity index (χ2n) is 6.98. The van der Waals surface area contributed by atoms with E-state index in [2.05, 4.69) is 4.98 Å². The molecule has 1 aromatic heterocycles. The summed E-state index contributed by atoms with van der Waals surface area (Å²) in [7, 11) is 0. The third-order valence-corrected chi connectivity index (χ3v) is 3.86. The molecular weight excluding hydrogens is 280 g/mol. The van der Waals surface area contributed by atoms with Gasteiger partial charge in [-0.2, -0.15) is 0 Å². The van der Waals surface area contributed by atoms with Gasteiger partial charge in [-0.25, -0.2) is 4.79 Å². The second kappa shape index (κ2) is 6.15. The van der Waals surface area contributed by atoms with E-state index in [0.29, 0.717) is 6.54 Å². The van der Waals surface area contributed by atoms with Crippen LogP contribution in [0.2, 0.25) is 0 Å². The molecule has 22 heavy (non-hydrogen) atoms. The highest BCUT2D eigenvalue weighted by Crippen LogP contribution is 2.27. The first kappa shape index (κ1) is 16.6. The van der Waals surface area contributed by atoms with Crippen molar-refractivity contribution in [3.8, 4) is 5.75 Å². The lowest BCUT2D eigenvalue weighted by Gasteiger charge is -2.26. The highest BCUT2D eigenvalue weighted by molar-refractivity contribution is 5.69. The normalized spacial score (nSPS) is 21.8. The molecule has 1 fully saturated rings. The van der Waals surface area contributed by atoms with E-state index in [4.69, 9.17) is 9.47 Å². The fraction of sp³-hybridized carbons (Fsp3) is 0.647. The Labute approximate surface area is 132 Å². The highest BCUT2D eigenvalue weighted by Gasteiger charge is 2.36. The molecule has 0 N–H and O–H groups in total. The number of nitrogens with zero attached hydrogens (tertiary/aromatic N) is 2. The predicted octanol–water partition coefficient (Wildman–Crippen LogP) is 3.48. The highest BCUT2D eigenvalue weighted by atomic mass is 16.6. The Morgan fingerprint density at radius 2 is 2.05 bits per heavy atom. The smallest absolute Gasteiger partial charge is 0.410 e. The lowest BCUT2D eigenvalue weighted by molar-refractivity contribution is 0.0224. The van der Waals surface area contributed by atoms with Crippen molar-refractivity contribution in [2.45, 2.75) is 65.7 Å². The molecule has 0 radical (unpaired) electrons. The fourth-order valence-electron chi connectivity index (χ4n) is 2.57. The molecule has 2 heterocycles. The predicted molar refractivity (Wildman–Crippen MR) is 85.1 cm³/mol. The molecule has 5 heteroatoms. The first-order valence-electron chi connectivity index (χ1n) is 7.76. The molecule has 1 aliphatic heterocycles. The van der Waals surface area contributed by atoms with E-state index in [1.54, 1.807) is 11.1 Å². The quantitative estimate of drug-likeness (QED) is 0.839. The largest absolute Gasteiger partial charge is 0.488 e. The molecule has 2 atom stereocenters. The van der Waals surface area contributed by atoms with Crippen LogP contribution in [-0.2, 0) is 4.74 Å². The molecule has 5 nitrogen and oxygen atoms in total. The molecular formula is C17H26N2O3. The van der Waals surface area contributed by atoms with Crippen LogP contribution in [0.1, 0.15) is 45.4 Å². The molecule has 122 valence electrons. The van der Waals surface area contributed by atoms with E-state index < -0.39 is 5.60 Å². The van der Waals surface area contributed by atoms with E-state index in [9.17, 15) is 4.79 Å². The van der Waals surface area contributed by atoms with Crippen molar-refractivity contribution in [3.05, 3.63) is 23.5 Å². The maximum Gasteiger partial charge on any atom is 0.410 e. The van der Waals surface area contributed by atoms with E-state index in [-0.39, 0.29) is 18.2 Å². The number of hydrogen-bond donors (Lipinski definition) is 0. The lowest BCUT2D eigenvalue weighted by atomic mass is 10.2. The topological polar surface area (TPSA) is 51.7 Å². The van der Waals surface area contributed by atoms with Crippen LogP contribution >= 0.6 is 0 Å². The van der Waals surface area contributed by atoms with Crippen LogP contribution in [0, 0.1) is 13.8 Å². The number of hydrogen-bond acceptors (Lipinski definition) is 4. The van der Waals surface area contributed by atoms with Crippen molar-refractivity contribution >= 4 is 6.09 Å². The van der Waals surface area contributed by atoms with Gasteiger partial charge in [0.15, 0.2) is 0 Å². The SMILES string of the molecule is Cc1nccc(O[C@@H]2C[C@H](C)N(C(=O)OC(C)(C)C)C2)c1C. The van der Waals surface area contributed by atoms with Gasteiger partial charge in [-0.15, -0.1) is 0 Å². The van der Waals surface area contributed by atoms with Crippen molar-refractivity contribution in [1.82, 2.24) is 9.88 Å². The molecule has 0 unspecified atom stereocenters. The van der Waals surface area contributed by atoms with Gasteiger partial charge in [-0.1, -0.05) is 0 Å². The van der Waals surface area contributed by atoms with E-state index in [1.807, 2.05) is 47.6 Å². The zero-order valence-electron chi connectivity index (χ0n) is 14.3. The van der Waals surface area contributed by atoms with Gasteiger partial charge in [0.05, 0.1) is 6.54 Å². The Morgan fingerprint density at radius 1 is 1.36 bits per heavy atom. The average Bonchev–Trinajstić information content (AvgIpc) is 2.74. The Kier molecular flexibility index (Phi) is 4.63. The van der Waals surface area contributed by atoms with Gasteiger partial charge in [-0.3, -0.25) is 4.98 Å². The van der Waals surface area contributed by atoms with Gasteiger partial charge in [0.1, 0.15) is 17.5 Å². The van der Waals surface area contributed by atoms with Crippen LogP contribution in [0.4, 0.5) is 4.79 Å². The summed E-state index contributed by atoms with van der Waals surface area (Å²) < 4.78 is 11.5. The third-order valence-electron chi connectivity index (χ3n) is 3.86. The maximum atomic E-state index is 12.2. The summed E-state index contributed by atoms with van der Waals surface area (Å²) in [5, 5.41) is 0. The number of carbonyl (C=O) groups excluding carboxylic acids is 1. The summed E-state index contributed by atoms with van der Waals surface area (Å²) in [6, 6.07) is 1.99. The Balaban J connectivity index is 2.02. The minimum absolute atomic E-state index is 0.0111. The molecule has 1 aliphatic rings. The zero-order chi connectivity index (χ0) is 16.5. The van der Waals surface area contributed by atoms with E-state index in [1.165, 1.54) is 0 Å². The number of pyridine rings is 1. The number of rotatable bonds is 2. The van der Waals surface area contributed by atoms with E-state index >= 15 is 0 Å². The van der Waals surface area contributed by atoms with Crippen molar-refractivity contribution < 1.29 is 14.3 Å². The van der Waals surface area contributed by atoms with Crippen molar-refractivity contribution in [2.75, 3.05) is 6.54 Å². The summed E-state index contributed by atoms with van der Waals surface area (Å²) in [5.41, 5.74) is 1.53. The van der Waals surface area contributed by atoms with Crippen molar-refractivity contribution in [3.63, 3.8) is 0 Å². The van der Waals surface area contributed by atoms with Gasteiger partial charge in [0.2, 0.25) is 0 Å². The fourth-order valence-corrected chi connectivity index (χ4v) is 2.57. The molecule has 0 bridgehead atoms. The summed E-state index contributed by atoms with van der Waals surface area (Å²) in [5.74, 6) is 0.843. The number of likely N-dealkylation sites (tertiary alicyclic amines) is 1. The molecule has 0 saturated carbocycles. The molecule has 0 spiro atoms. The summed E-state index contributed by atoms with van der Waals surface area (Å²) in [6.07, 6.45) is 2.28. The summed E-state index contributed by atoms with van der Waals surface area (Å²) in [4.78, 5) is 18.2. The molecule has 1 aromatic rings. The first-order valence-corrected chi connectivity index (χ1v) is 7.76. The number of amides is 1. The third kappa shape index (κ3) is 3.90. The lowest BCUT2D eigenvalue weighted by Crippen LogP contribution is -2.39. The standard InChI is InChI=1S/C17H26N2O3/c1-11-9-14(10-19(11)16(20)22-17(4,5)6)21-15-7-8-18-13(3)12(15)2/h7-8,11,14H,9-10H2,1-6H3/t11-,14+/m0/s1. The number of carbonyl (C=O) groups is 1. The average molecular weight is 306 g/mol. The van der Waals surface area contributed by atoms with Gasteiger partial charge in [0, 0.05) is 29.9 Å². The van der Waals surface area contributed by atoms with Crippen LogP contribution in [-0.4, -0.2) is 40.3 Å². The van der Waals surface area contributed by atoms with E-state index in [0.717, 1.165) is 23.4 Å². The molecule has 0 aromatic carbocycles. The molecule has 1 saturated heterocycles.